The minimum absolute atomic E-state index is 0.0638. The van der Waals surface area contributed by atoms with Gasteiger partial charge in [-0.3, -0.25) is 4.79 Å². The molecule has 0 radical (unpaired) electrons. The number of carbonyl (C=O) groups excluding carboxylic acids is 2. The predicted molar refractivity (Wildman–Crippen MR) is 52.9 cm³/mol. The summed E-state index contributed by atoms with van der Waals surface area (Å²) in [4.78, 5) is 22.2. The number of alkyl carbamates (subject to hydrolysis) is 1. The predicted octanol–water partition coefficient (Wildman–Crippen LogP) is 0.646. The lowest BCUT2D eigenvalue weighted by Crippen LogP contribution is -2.46. The van der Waals surface area contributed by atoms with Crippen molar-refractivity contribution < 1.29 is 14.3 Å². The molecule has 82 valence electrons. The molecule has 0 aliphatic carbocycles. The fourth-order valence-electron chi connectivity index (χ4n) is 0.825. The summed E-state index contributed by atoms with van der Waals surface area (Å²) >= 11 is 0. The highest BCUT2D eigenvalue weighted by atomic mass is 16.5. The van der Waals surface area contributed by atoms with Crippen molar-refractivity contribution in [2.75, 3.05) is 6.61 Å². The third kappa shape index (κ3) is 5.40. The van der Waals surface area contributed by atoms with Gasteiger partial charge in [0.25, 0.3) is 0 Å². The molecule has 0 saturated heterocycles. The maximum atomic E-state index is 11.3. The van der Waals surface area contributed by atoms with E-state index in [0.717, 1.165) is 0 Å². The van der Waals surface area contributed by atoms with E-state index in [1.807, 2.05) is 13.8 Å². The third-order valence-electron chi connectivity index (χ3n) is 1.43. The third-order valence-corrected chi connectivity index (χ3v) is 1.43. The van der Waals surface area contributed by atoms with Crippen LogP contribution in [-0.4, -0.2) is 30.7 Å². The van der Waals surface area contributed by atoms with Gasteiger partial charge in [-0.15, -0.1) is 0 Å². The zero-order valence-electron chi connectivity index (χ0n) is 9.09. The Bertz CT molecular complexity index is 204. The Morgan fingerprint density at radius 3 is 2.21 bits per heavy atom. The summed E-state index contributed by atoms with van der Waals surface area (Å²) in [7, 11) is 0. The number of hydrogen-bond donors (Lipinski definition) is 2. The monoisotopic (exact) mass is 202 g/mol. The van der Waals surface area contributed by atoms with Gasteiger partial charge in [0, 0.05) is 6.04 Å². The van der Waals surface area contributed by atoms with E-state index in [4.69, 9.17) is 0 Å². The summed E-state index contributed by atoms with van der Waals surface area (Å²) in [6, 6.07) is -0.509. The molecular weight excluding hydrogens is 184 g/mol. The summed E-state index contributed by atoms with van der Waals surface area (Å²) in [5.41, 5.74) is 0. The first-order valence-electron chi connectivity index (χ1n) is 4.71. The molecule has 0 aromatic carbocycles. The smallest absolute Gasteiger partial charge is 0.407 e. The van der Waals surface area contributed by atoms with Crippen LogP contribution < -0.4 is 10.6 Å². The molecule has 2 amide bonds. The van der Waals surface area contributed by atoms with Crippen LogP contribution in [0.4, 0.5) is 4.79 Å². The minimum Gasteiger partial charge on any atom is -0.450 e. The van der Waals surface area contributed by atoms with Crippen molar-refractivity contribution in [3.05, 3.63) is 0 Å². The van der Waals surface area contributed by atoms with Crippen molar-refractivity contribution in [1.82, 2.24) is 10.6 Å². The minimum atomic E-state index is -0.573. The van der Waals surface area contributed by atoms with Crippen LogP contribution in [0.3, 0.4) is 0 Å². The molecule has 0 saturated carbocycles. The van der Waals surface area contributed by atoms with Crippen molar-refractivity contribution in [1.29, 1.82) is 0 Å². The van der Waals surface area contributed by atoms with Crippen LogP contribution in [0.2, 0.25) is 0 Å². The first-order chi connectivity index (χ1) is 6.47. The molecule has 0 aromatic heterocycles. The molecule has 0 fully saturated rings. The Kier molecular flexibility index (Phi) is 5.67. The van der Waals surface area contributed by atoms with Gasteiger partial charge in [0.05, 0.1) is 6.61 Å². The number of rotatable bonds is 4. The van der Waals surface area contributed by atoms with Crippen LogP contribution in [0.15, 0.2) is 0 Å². The lowest BCUT2D eigenvalue weighted by Gasteiger charge is -2.15. The van der Waals surface area contributed by atoms with Crippen LogP contribution in [0.25, 0.3) is 0 Å². The van der Waals surface area contributed by atoms with E-state index in [1.165, 1.54) is 0 Å². The Labute approximate surface area is 84.2 Å². The standard InChI is InChI=1S/C9H18N2O3/c1-5-14-9(13)11-7(4)8(12)10-6(2)3/h6-7H,5H2,1-4H3,(H,10,12)(H,11,13). The topological polar surface area (TPSA) is 67.4 Å². The first kappa shape index (κ1) is 12.7. The van der Waals surface area contributed by atoms with Gasteiger partial charge in [0.1, 0.15) is 6.04 Å². The van der Waals surface area contributed by atoms with Crippen molar-refractivity contribution in [2.45, 2.75) is 39.8 Å². The second kappa shape index (κ2) is 6.23. The molecule has 14 heavy (non-hydrogen) atoms. The zero-order chi connectivity index (χ0) is 11.1. The molecule has 0 aliphatic heterocycles. The SMILES string of the molecule is CCOC(=O)NC(C)C(=O)NC(C)C. The maximum Gasteiger partial charge on any atom is 0.407 e. The lowest BCUT2D eigenvalue weighted by molar-refractivity contribution is -0.123. The van der Waals surface area contributed by atoms with Crippen LogP contribution in [0, 0.1) is 0 Å². The number of nitrogens with one attached hydrogen (secondary N) is 2. The summed E-state index contributed by atoms with van der Waals surface area (Å²) in [5.74, 6) is -0.215. The lowest BCUT2D eigenvalue weighted by atomic mass is 10.3. The molecular formula is C9H18N2O3. The van der Waals surface area contributed by atoms with Gasteiger partial charge in [-0.25, -0.2) is 4.79 Å². The van der Waals surface area contributed by atoms with Gasteiger partial charge in [-0.2, -0.15) is 0 Å². The molecule has 0 bridgehead atoms. The van der Waals surface area contributed by atoms with Gasteiger partial charge < -0.3 is 15.4 Å². The van der Waals surface area contributed by atoms with E-state index in [0.29, 0.717) is 6.61 Å². The molecule has 5 heteroatoms. The molecule has 2 N–H and O–H groups in total. The molecule has 0 aromatic rings. The summed E-state index contributed by atoms with van der Waals surface area (Å²) in [6.45, 7) is 7.32. The van der Waals surface area contributed by atoms with Crippen molar-refractivity contribution >= 4 is 12.0 Å². The van der Waals surface area contributed by atoms with Gasteiger partial charge in [-0.05, 0) is 27.7 Å². The summed E-state index contributed by atoms with van der Waals surface area (Å²) in [6.07, 6.45) is -0.570. The van der Waals surface area contributed by atoms with E-state index in [2.05, 4.69) is 15.4 Å². The molecule has 0 aliphatic rings. The van der Waals surface area contributed by atoms with Crippen LogP contribution in [0.1, 0.15) is 27.7 Å². The molecule has 0 spiro atoms. The van der Waals surface area contributed by atoms with E-state index < -0.39 is 12.1 Å². The molecule has 1 atom stereocenters. The van der Waals surface area contributed by atoms with Gasteiger partial charge in [0.15, 0.2) is 0 Å². The Hall–Kier alpha value is -1.26. The zero-order valence-corrected chi connectivity index (χ0v) is 9.09. The fraction of sp³-hybridized carbons (Fsp3) is 0.778. The summed E-state index contributed by atoms with van der Waals surface area (Å²) < 4.78 is 4.64. The first-order valence-corrected chi connectivity index (χ1v) is 4.71. The highest BCUT2D eigenvalue weighted by Gasteiger charge is 2.16. The summed E-state index contributed by atoms with van der Waals surface area (Å²) in [5, 5.41) is 5.09. The highest BCUT2D eigenvalue weighted by molar-refractivity contribution is 5.85. The van der Waals surface area contributed by atoms with Gasteiger partial charge in [-0.1, -0.05) is 0 Å². The quantitative estimate of drug-likeness (QED) is 0.703. The number of carbonyl (C=O) groups is 2. The van der Waals surface area contributed by atoms with E-state index in [9.17, 15) is 9.59 Å². The molecule has 0 rings (SSSR count). The Morgan fingerprint density at radius 1 is 1.21 bits per heavy atom. The van der Waals surface area contributed by atoms with Gasteiger partial charge in [0.2, 0.25) is 5.91 Å². The molecule has 0 heterocycles. The second-order valence-corrected chi connectivity index (χ2v) is 3.25. The van der Waals surface area contributed by atoms with Crippen molar-refractivity contribution in [2.24, 2.45) is 0 Å². The largest absolute Gasteiger partial charge is 0.450 e. The Balaban J connectivity index is 3.88. The van der Waals surface area contributed by atoms with Crippen molar-refractivity contribution in [3.8, 4) is 0 Å². The van der Waals surface area contributed by atoms with E-state index >= 15 is 0 Å². The second-order valence-electron chi connectivity index (χ2n) is 3.25. The average Bonchev–Trinajstić information content (AvgIpc) is 2.02. The maximum absolute atomic E-state index is 11.3. The Morgan fingerprint density at radius 2 is 1.79 bits per heavy atom. The van der Waals surface area contributed by atoms with E-state index in [1.54, 1.807) is 13.8 Å². The van der Waals surface area contributed by atoms with Crippen molar-refractivity contribution in [3.63, 3.8) is 0 Å². The van der Waals surface area contributed by atoms with E-state index in [-0.39, 0.29) is 11.9 Å². The van der Waals surface area contributed by atoms with Crippen LogP contribution in [0.5, 0.6) is 0 Å². The van der Waals surface area contributed by atoms with Crippen LogP contribution in [-0.2, 0) is 9.53 Å². The number of hydrogen-bond acceptors (Lipinski definition) is 3. The average molecular weight is 202 g/mol. The normalized spacial score (nSPS) is 12.1. The molecule has 1 unspecified atom stereocenters. The number of amides is 2. The fourth-order valence-corrected chi connectivity index (χ4v) is 0.825. The van der Waals surface area contributed by atoms with Gasteiger partial charge >= 0.3 is 6.09 Å². The molecule has 5 nitrogen and oxygen atoms in total. The van der Waals surface area contributed by atoms with Crippen LogP contribution >= 0.6 is 0 Å². The number of ether oxygens (including phenoxy) is 1. The highest BCUT2D eigenvalue weighted by Crippen LogP contribution is 1.87.